The van der Waals surface area contributed by atoms with E-state index in [1.165, 1.54) is 6.07 Å². The van der Waals surface area contributed by atoms with Crippen molar-refractivity contribution in [2.75, 3.05) is 52.4 Å². The van der Waals surface area contributed by atoms with Gasteiger partial charge in [-0.25, -0.2) is 9.18 Å². The molecule has 2 saturated heterocycles. The third-order valence-electron chi connectivity index (χ3n) is 10.3. The van der Waals surface area contributed by atoms with Crippen molar-refractivity contribution in [3.63, 3.8) is 0 Å². The molecule has 53 heavy (non-hydrogen) atoms. The number of carbonyl (C=O) groups excluding carboxylic acids is 1. The molecule has 4 aromatic carbocycles. The predicted octanol–water partition coefficient (Wildman–Crippen LogP) is 7.36. The minimum Gasteiger partial charge on any atom is -0.493 e. The SMILES string of the molecule is CCOc1cccc(F)c1CN1CCN(C(=O)C(NC(=O)O)C2CCN(CCc3cc(Cl)ccc3-c3ccccc3OCc3ccccc3)CC2)CC1. The maximum Gasteiger partial charge on any atom is 0.405 e. The molecule has 2 N–H and O–H groups in total. The zero-order valence-corrected chi connectivity index (χ0v) is 30.9. The van der Waals surface area contributed by atoms with E-state index < -0.39 is 12.1 Å². The molecule has 11 heteroatoms. The van der Waals surface area contributed by atoms with Gasteiger partial charge in [0, 0.05) is 55.4 Å². The Kier molecular flexibility index (Phi) is 13.2. The van der Waals surface area contributed by atoms with Gasteiger partial charge in [-0.05, 0) is 92.2 Å². The number of nitrogens with zero attached hydrogens (tertiary/aromatic N) is 3. The lowest BCUT2D eigenvalue weighted by atomic mass is 9.88. The lowest BCUT2D eigenvalue weighted by Crippen LogP contribution is -2.58. The summed E-state index contributed by atoms with van der Waals surface area (Å²) in [6, 6.07) is 28.2. The number of likely N-dealkylation sites (tertiary alicyclic amines) is 1. The van der Waals surface area contributed by atoms with Crippen LogP contribution >= 0.6 is 11.6 Å². The third kappa shape index (κ3) is 10.1. The van der Waals surface area contributed by atoms with Crippen LogP contribution in [0.5, 0.6) is 11.5 Å². The van der Waals surface area contributed by atoms with Crippen molar-refractivity contribution in [2.45, 2.75) is 45.4 Å². The van der Waals surface area contributed by atoms with Crippen molar-refractivity contribution >= 4 is 23.6 Å². The normalized spacial score (nSPS) is 16.2. The minimum atomic E-state index is -1.20. The molecular formula is C42H48ClFN4O5. The van der Waals surface area contributed by atoms with Crippen LogP contribution in [0.15, 0.2) is 91.0 Å². The first-order valence-corrected chi connectivity index (χ1v) is 18.8. The molecule has 1 unspecified atom stereocenters. The van der Waals surface area contributed by atoms with Gasteiger partial charge in [-0.2, -0.15) is 0 Å². The van der Waals surface area contributed by atoms with Gasteiger partial charge in [0.2, 0.25) is 5.91 Å². The molecule has 0 aliphatic carbocycles. The van der Waals surface area contributed by atoms with Crippen LogP contribution in [-0.2, 0) is 24.4 Å². The fraction of sp³-hybridized carbons (Fsp3) is 0.381. The summed E-state index contributed by atoms with van der Waals surface area (Å²) in [7, 11) is 0. The average molecular weight is 743 g/mol. The number of ether oxygens (including phenoxy) is 2. The topological polar surface area (TPSA) is 94.6 Å². The fourth-order valence-corrected chi connectivity index (χ4v) is 7.61. The Hall–Kier alpha value is -4.64. The fourth-order valence-electron chi connectivity index (χ4n) is 7.41. The molecule has 0 spiro atoms. The van der Waals surface area contributed by atoms with Crippen LogP contribution in [-0.4, -0.2) is 90.3 Å². The van der Waals surface area contributed by atoms with E-state index in [0.717, 1.165) is 54.1 Å². The van der Waals surface area contributed by atoms with Crippen LogP contribution in [0.3, 0.4) is 0 Å². The highest BCUT2D eigenvalue weighted by Gasteiger charge is 2.36. The van der Waals surface area contributed by atoms with Crippen molar-refractivity contribution in [3.05, 3.63) is 119 Å². The molecule has 2 fully saturated rings. The predicted molar refractivity (Wildman–Crippen MR) is 205 cm³/mol. The highest BCUT2D eigenvalue weighted by molar-refractivity contribution is 6.30. The Labute approximate surface area is 316 Å². The minimum absolute atomic E-state index is 0.115. The van der Waals surface area contributed by atoms with Crippen LogP contribution in [0.25, 0.3) is 11.1 Å². The number of hydrogen-bond donors (Lipinski definition) is 2. The number of rotatable bonds is 14. The second kappa shape index (κ2) is 18.4. The summed E-state index contributed by atoms with van der Waals surface area (Å²) < 4.78 is 26.6. The van der Waals surface area contributed by atoms with E-state index in [4.69, 9.17) is 21.1 Å². The van der Waals surface area contributed by atoms with E-state index in [1.54, 1.807) is 17.0 Å². The first-order chi connectivity index (χ1) is 25.8. The first kappa shape index (κ1) is 38.1. The lowest BCUT2D eigenvalue weighted by molar-refractivity contribution is -0.137. The van der Waals surface area contributed by atoms with Crippen LogP contribution in [0.2, 0.25) is 5.02 Å². The van der Waals surface area contributed by atoms with Gasteiger partial charge in [0.1, 0.15) is 30.0 Å². The van der Waals surface area contributed by atoms with Crippen LogP contribution in [0.4, 0.5) is 9.18 Å². The number of halogens is 2. The molecule has 2 aliphatic rings. The van der Waals surface area contributed by atoms with Crippen LogP contribution in [0.1, 0.15) is 36.5 Å². The summed E-state index contributed by atoms with van der Waals surface area (Å²) >= 11 is 6.51. The molecule has 0 radical (unpaired) electrons. The molecule has 280 valence electrons. The molecule has 0 saturated carbocycles. The number of piperazine rings is 1. The van der Waals surface area contributed by atoms with E-state index in [2.05, 4.69) is 27.2 Å². The van der Waals surface area contributed by atoms with Crippen LogP contribution in [0, 0.1) is 11.7 Å². The number of piperidine rings is 1. The van der Waals surface area contributed by atoms with Crippen LogP contribution < -0.4 is 14.8 Å². The summed E-state index contributed by atoms with van der Waals surface area (Å²) in [5.41, 5.74) is 4.82. The Balaban J connectivity index is 1.04. The zero-order chi connectivity index (χ0) is 37.2. The average Bonchev–Trinajstić information content (AvgIpc) is 3.17. The highest BCUT2D eigenvalue weighted by Crippen LogP contribution is 2.35. The second-order valence-corrected chi connectivity index (χ2v) is 14.1. The molecule has 2 amide bonds. The van der Waals surface area contributed by atoms with E-state index in [0.29, 0.717) is 75.1 Å². The quantitative estimate of drug-likeness (QED) is 0.140. The van der Waals surface area contributed by atoms with E-state index in [1.807, 2.05) is 67.6 Å². The third-order valence-corrected chi connectivity index (χ3v) is 10.5. The summed E-state index contributed by atoms with van der Waals surface area (Å²) in [6.07, 6.45) is 0.965. The second-order valence-electron chi connectivity index (χ2n) is 13.7. The molecule has 6 rings (SSSR count). The van der Waals surface area contributed by atoms with Gasteiger partial charge in [-0.3, -0.25) is 9.69 Å². The molecule has 2 aliphatic heterocycles. The molecular weight excluding hydrogens is 695 g/mol. The van der Waals surface area contributed by atoms with Crippen molar-refractivity contribution in [2.24, 2.45) is 5.92 Å². The smallest absolute Gasteiger partial charge is 0.405 e. The summed E-state index contributed by atoms with van der Waals surface area (Å²) in [5, 5.41) is 12.9. The van der Waals surface area contributed by atoms with E-state index in [9.17, 15) is 19.1 Å². The summed E-state index contributed by atoms with van der Waals surface area (Å²) in [4.78, 5) is 31.9. The first-order valence-electron chi connectivity index (χ1n) is 18.5. The van der Waals surface area contributed by atoms with Gasteiger partial charge in [0.05, 0.1) is 6.61 Å². The monoisotopic (exact) mass is 742 g/mol. The number of para-hydroxylation sites is 1. The molecule has 9 nitrogen and oxygen atoms in total. The van der Waals surface area contributed by atoms with Gasteiger partial charge in [-0.1, -0.05) is 72.3 Å². The molecule has 4 aromatic rings. The molecule has 0 aromatic heterocycles. The summed E-state index contributed by atoms with van der Waals surface area (Å²) in [5.74, 6) is 0.725. The van der Waals surface area contributed by atoms with Gasteiger partial charge in [0.25, 0.3) is 0 Å². The molecule has 1 atom stereocenters. The zero-order valence-electron chi connectivity index (χ0n) is 30.2. The number of carboxylic acid groups (broad SMARTS) is 1. The number of amides is 2. The van der Waals surface area contributed by atoms with Crippen molar-refractivity contribution in [1.82, 2.24) is 20.0 Å². The lowest BCUT2D eigenvalue weighted by Gasteiger charge is -2.40. The van der Waals surface area contributed by atoms with Crippen molar-refractivity contribution in [1.29, 1.82) is 0 Å². The highest BCUT2D eigenvalue weighted by atomic mass is 35.5. The maximum atomic E-state index is 14.7. The van der Waals surface area contributed by atoms with Crippen molar-refractivity contribution < 1.29 is 28.6 Å². The van der Waals surface area contributed by atoms with E-state index in [-0.39, 0.29) is 17.6 Å². The molecule has 2 heterocycles. The van der Waals surface area contributed by atoms with Gasteiger partial charge in [0.15, 0.2) is 0 Å². The Morgan fingerprint density at radius 2 is 1.57 bits per heavy atom. The Morgan fingerprint density at radius 3 is 2.30 bits per heavy atom. The maximum absolute atomic E-state index is 14.7. The number of nitrogens with one attached hydrogen (secondary N) is 1. The van der Waals surface area contributed by atoms with Gasteiger partial charge >= 0.3 is 6.09 Å². The number of benzene rings is 4. The van der Waals surface area contributed by atoms with Crippen molar-refractivity contribution in [3.8, 4) is 22.6 Å². The standard InChI is InChI=1S/C42H48ClFN4O5/c1-2-52-39-14-8-12-37(44)36(39)28-47-23-25-48(26-24-47)41(49)40(45-42(50)51)31-17-20-46(21-18-31)22-19-32-27-33(43)15-16-34(32)35-11-6-7-13-38(35)53-29-30-9-4-3-5-10-30/h3-16,27,31,40,45H,2,17-26,28-29H2,1H3,(H,50,51). The number of carbonyl (C=O) groups is 2. The van der Waals surface area contributed by atoms with E-state index >= 15 is 0 Å². The van der Waals surface area contributed by atoms with Gasteiger partial charge in [-0.15, -0.1) is 0 Å². The Morgan fingerprint density at radius 1 is 0.849 bits per heavy atom. The summed E-state index contributed by atoms with van der Waals surface area (Å²) in [6.45, 7) is 7.45. The Bertz CT molecular complexity index is 1830. The molecule has 0 bridgehead atoms. The largest absolute Gasteiger partial charge is 0.493 e. The number of hydrogen-bond acceptors (Lipinski definition) is 6. The van der Waals surface area contributed by atoms with Gasteiger partial charge < -0.3 is 29.7 Å².